The average Bonchev–Trinajstić information content (AvgIpc) is 2.54. The van der Waals surface area contributed by atoms with E-state index in [0.717, 1.165) is 5.56 Å². The summed E-state index contributed by atoms with van der Waals surface area (Å²) in [6.07, 6.45) is 3.77. The zero-order valence-electron chi connectivity index (χ0n) is 12.4. The Morgan fingerprint density at radius 1 is 1.00 bits per heavy atom. The smallest absolute Gasteiger partial charge is 0.236 e. The van der Waals surface area contributed by atoms with Crippen LogP contribution in [0.4, 0.5) is 0 Å². The van der Waals surface area contributed by atoms with E-state index in [9.17, 15) is 0 Å². The van der Waals surface area contributed by atoms with Crippen LogP contribution in [0.1, 0.15) is 17.3 Å². The molecular formula is C15H19N3O3. The van der Waals surface area contributed by atoms with Gasteiger partial charge in [0.1, 0.15) is 5.69 Å². The molecule has 0 fully saturated rings. The summed E-state index contributed by atoms with van der Waals surface area (Å²) in [6.45, 7) is 0. The lowest BCUT2D eigenvalue weighted by atomic mass is 10.0. The average molecular weight is 289 g/mol. The minimum absolute atomic E-state index is 0.313. The molecule has 2 aromatic rings. The summed E-state index contributed by atoms with van der Waals surface area (Å²) in [5.41, 5.74) is 7.87. The normalized spacial score (nSPS) is 11.8. The summed E-state index contributed by atoms with van der Waals surface area (Å²) in [6, 6.07) is 5.40. The molecule has 0 aliphatic rings. The Hall–Kier alpha value is -2.34. The molecule has 0 aliphatic heterocycles. The van der Waals surface area contributed by atoms with E-state index in [0.29, 0.717) is 29.5 Å². The number of aromatic nitrogens is 2. The molecule has 0 saturated carbocycles. The van der Waals surface area contributed by atoms with Crippen molar-refractivity contribution < 1.29 is 14.2 Å². The highest BCUT2D eigenvalue weighted by Crippen LogP contribution is 2.29. The molecule has 2 rings (SSSR count). The third kappa shape index (κ3) is 3.41. The van der Waals surface area contributed by atoms with Crippen molar-refractivity contribution in [1.29, 1.82) is 0 Å². The van der Waals surface area contributed by atoms with Gasteiger partial charge in [0, 0.05) is 12.4 Å². The Morgan fingerprint density at radius 3 is 2.38 bits per heavy atom. The zero-order chi connectivity index (χ0) is 15.2. The van der Waals surface area contributed by atoms with Gasteiger partial charge in [-0.2, -0.15) is 0 Å². The maximum absolute atomic E-state index is 6.21. The highest BCUT2D eigenvalue weighted by Gasteiger charge is 2.16. The lowest BCUT2D eigenvalue weighted by Gasteiger charge is -2.15. The zero-order valence-corrected chi connectivity index (χ0v) is 12.4. The molecule has 0 bridgehead atoms. The highest BCUT2D eigenvalue weighted by molar-refractivity contribution is 5.43. The van der Waals surface area contributed by atoms with Gasteiger partial charge in [0.15, 0.2) is 11.5 Å². The predicted molar refractivity (Wildman–Crippen MR) is 78.8 cm³/mol. The van der Waals surface area contributed by atoms with Gasteiger partial charge in [0.25, 0.3) is 0 Å². The Labute approximate surface area is 123 Å². The van der Waals surface area contributed by atoms with Crippen LogP contribution in [0.25, 0.3) is 0 Å². The lowest BCUT2D eigenvalue weighted by Crippen LogP contribution is -2.16. The molecule has 1 atom stereocenters. The molecule has 1 aromatic heterocycles. The van der Waals surface area contributed by atoms with E-state index in [1.165, 1.54) is 0 Å². The Bertz CT molecular complexity index is 604. The Morgan fingerprint density at radius 2 is 1.71 bits per heavy atom. The van der Waals surface area contributed by atoms with Crippen molar-refractivity contribution in [2.24, 2.45) is 5.73 Å². The molecular weight excluding hydrogens is 270 g/mol. The quantitative estimate of drug-likeness (QED) is 0.872. The van der Waals surface area contributed by atoms with Crippen LogP contribution in [0.2, 0.25) is 0 Å². The van der Waals surface area contributed by atoms with Crippen molar-refractivity contribution in [3.05, 3.63) is 41.9 Å². The van der Waals surface area contributed by atoms with Gasteiger partial charge >= 0.3 is 0 Å². The van der Waals surface area contributed by atoms with E-state index in [2.05, 4.69) is 9.97 Å². The summed E-state index contributed by atoms with van der Waals surface area (Å²) in [7, 11) is 4.76. The second-order valence-electron chi connectivity index (χ2n) is 4.45. The van der Waals surface area contributed by atoms with Crippen molar-refractivity contribution in [2.75, 3.05) is 21.3 Å². The van der Waals surface area contributed by atoms with Crippen LogP contribution in [0.5, 0.6) is 17.4 Å². The molecule has 21 heavy (non-hydrogen) atoms. The van der Waals surface area contributed by atoms with Gasteiger partial charge in [-0.3, -0.25) is 4.98 Å². The summed E-state index contributed by atoms with van der Waals surface area (Å²) < 4.78 is 15.7. The van der Waals surface area contributed by atoms with E-state index in [1.54, 1.807) is 33.7 Å². The third-order valence-electron chi connectivity index (χ3n) is 3.14. The standard InChI is InChI=1S/C15H19N3O3/c1-19-12-5-4-10(9-13(12)20-2)8-11(16)14-15(21-3)18-7-6-17-14/h4-7,9,11H,8,16H2,1-3H3. The van der Waals surface area contributed by atoms with Gasteiger partial charge in [-0.1, -0.05) is 6.07 Å². The van der Waals surface area contributed by atoms with Crippen LogP contribution in [-0.2, 0) is 6.42 Å². The molecule has 1 heterocycles. The van der Waals surface area contributed by atoms with Crippen molar-refractivity contribution in [2.45, 2.75) is 12.5 Å². The topological polar surface area (TPSA) is 79.5 Å². The minimum Gasteiger partial charge on any atom is -0.493 e. The molecule has 6 nitrogen and oxygen atoms in total. The molecule has 6 heteroatoms. The number of rotatable bonds is 6. The highest BCUT2D eigenvalue weighted by atomic mass is 16.5. The van der Waals surface area contributed by atoms with Crippen molar-refractivity contribution in [3.63, 3.8) is 0 Å². The van der Waals surface area contributed by atoms with Gasteiger partial charge in [0.05, 0.1) is 27.4 Å². The molecule has 112 valence electrons. The lowest BCUT2D eigenvalue weighted by molar-refractivity contribution is 0.354. The molecule has 2 N–H and O–H groups in total. The first-order valence-electron chi connectivity index (χ1n) is 6.51. The van der Waals surface area contributed by atoms with Crippen LogP contribution in [0, 0.1) is 0 Å². The first-order chi connectivity index (χ1) is 10.2. The van der Waals surface area contributed by atoms with Gasteiger partial charge in [-0.15, -0.1) is 0 Å². The van der Waals surface area contributed by atoms with Crippen molar-refractivity contribution in [1.82, 2.24) is 9.97 Å². The summed E-state index contributed by atoms with van der Waals surface area (Å²) in [5.74, 6) is 1.81. The minimum atomic E-state index is -0.313. The summed E-state index contributed by atoms with van der Waals surface area (Å²) in [4.78, 5) is 8.37. The van der Waals surface area contributed by atoms with Crippen LogP contribution in [0.15, 0.2) is 30.6 Å². The fraction of sp³-hybridized carbons (Fsp3) is 0.333. The van der Waals surface area contributed by atoms with Crippen LogP contribution in [0.3, 0.4) is 0 Å². The molecule has 0 spiro atoms. The van der Waals surface area contributed by atoms with Crippen molar-refractivity contribution in [3.8, 4) is 17.4 Å². The molecule has 0 amide bonds. The molecule has 1 aromatic carbocycles. The number of ether oxygens (including phenoxy) is 3. The van der Waals surface area contributed by atoms with Gasteiger partial charge in [-0.25, -0.2) is 4.98 Å². The second kappa shape index (κ2) is 6.90. The van der Waals surface area contributed by atoms with Crippen LogP contribution >= 0.6 is 0 Å². The Kier molecular flexibility index (Phi) is 4.94. The van der Waals surface area contributed by atoms with Crippen LogP contribution < -0.4 is 19.9 Å². The van der Waals surface area contributed by atoms with E-state index in [-0.39, 0.29) is 6.04 Å². The van der Waals surface area contributed by atoms with E-state index in [1.807, 2.05) is 18.2 Å². The molecule has 0 saturated heterocycles. The molecule has 1 unspecified atom stereocenters. The number of nitrogens with two attached hydrogens (primary N) is 1. The fourth-order valence-corrected chi connectivity index (χ4v) is 2.11. The number of methoxy groups -OCH3 is 3. The first-order valence-corrected chi connectivity index (χ1v) is 6.51. The molecule has 0 aliphatic carbocycles. The van der Waals surface area contributed by atoms with Gasteiger partial charge < -0.3 is 19.9 Å². The maximum atomic E-state index is 6.21. The van der Waals surface area contributed by atoms with E-state index < -0.39 is 0 Å². The number of hydrogen-bond acceptors (Lipinski definition) is 6. The second-order valence-corrected chi connectivity index (χ2v) is 4.45. The number of benzene rings is 1. The maximum Gasteiger partial charge on any atom is 0.236 e. The monoisotopic (exact) mass is 289 g/mol. The van der Waals surface area contributed by atoms with Crippen LogP contribution in [-0.4, -0.2) is 31.3 Å². The van der Waals surface area contributed by atoms with E-state index in [4.69, 9.17) is 19.9 Å². The summed E-state index contributed by atoms with van der Waals surface area (Å²) >= 11 is 0. The fourth-order valence-electron chi connectivity index (χ4n) is 2.11. The molecule has 0 radical (unpaired) electrons. The van der Waals surface area contributed by atoms with Gasteiger partial charge in [0.2, 0.25) is 5.88 Å². The summed E-state index contributed by atoms with van der Waals surface area (Å²) in [5, 5.41) is 0. The van der Waals surface area contributed by atoms with E-state index >= 15 is 0 Å². The first kappa shape index (κ1) is 15.1. The largest absolute Gasteiger partial charge is 0.493 e. The third-order valence-corrected chi connectivity index (χ3v) is 3.14. The number of nitrogens with zero attached hydrogens (tertiary/aromatic N) is 2. The number of hydrogen-bond donors (Lipinski definition) is 1. The Balaban J connectivity index is 2.21. The predicted octanol–water partition coefficient (Wildman–Crippen LogP) is 1.74. The van der Waals surface area contributed by atoms with Crippen molar-refractivity contribution >= 4 is 0 Å². The van der Waals surface area contributed by atoms with Gasteiger partial charge in [-0.05, 0) is 24.1 Å². The SMILES string of the molecule is COc1ccc(CC(N)c2nccnc2OC)cc1OC.